The number of phosphoric ester groups is 1. The number of ether oxygens (including phenoxy) is 3. The Morgan fingerprint density at radius 3 is 2.57 bits per heavy atom. The minimum atomic E-state index is -4.69. The third kappa shape index (κ3) is 5.98. The summed E-state index contributed by atoms with van der Waals surface area (Å²) in [4.78, 5) is 36.1. The minimum Gasteiger partial charge on any atom is -0.432 e. The topological polar surface area (TPSA) is 202 Å². The van der Waals surface area contributed by atoms with Gasteiger partial charge in [-0.3, -0.25) is 13.9 Å². The number of carbonyl (C=O) groups is 2. The van der Waals surface area contributed by atoms with Crippen LogP contribution in [0.4, 0.5) is 10.6 Å². The molecule has 2 heterocycles. The quantitative estimate of drug-likeness (QED) is 0.168. The average Bonchev–Trinajstić information content (AvgIpc) is 3.13. The molecule has 2 rings (SSSR count). The number of carbonyl (C=O) groups excluding carboxylic acids is 2. The first kappa shape index (κ1) is 24.2. The second-order valence-corrected chi connectivity index (χ2v) is 8.01. The zero-order valence-electron chi connectivity index (χ0n) is 16.4. The van der Waals surface area contributed by atoms with Crippen molar-refractivity contribution in [1.82, 2.24) is 9.55 Å². The summed E-state index contributed by atoms with van der Waals surface area (Å²) < 4.78 is 36.7. The number of aromatic nitrogens is 2. The number of anilines is 1. The molecule has 1 fully saturated rings. The summed E-state index contributed by atoms with van der Waals surface area (Å²) in [6.45, 7) is 2.83. The molecule has 14 nitrogen and oxygen atoms in total. The van der Waals surface area contributed by atoms with E-state index in [9.17, 15) is 29.3 Å². The van der Waals surface area contributed by atoms with Crippen LogP contribution in [0.5, 0.6) is 0 Å². The molecule has 0 bridgehead atoms. The van der Waals surface area contributed by atoms with E-state index in [0.29, 0.717) is 0 Å². The second kappa shape index (κ2) is 9.83. The predicted octanol–water partition coefficient (Wildman–Crippen LogP) is -0.0602. The number of nitrogen functional groups attached to an aromatic ring is 1. The molecule has 1 aliphatic rings. The molecule has 1 aromatic rings. The molecule has 170 valence electrons. The van der Waals surface area contributed by atoms with Gasteiger partial charge < -0.3 is 35.1 Å². The summed E-state index contributed by atoms with van der Waals surface area (Å²) in [7, 11) is -4.69. The lowest BCUT2D eigenvalue weighted by Gasteiger charge is -2.18. The Morgan fingerprint density at radius 1 is 1.33 bits per heavy atom. The number of hydrogen-bond donors (Lipinski definition) is 4. The van der Waals surface area contributed by atoms with E-state index < -0.39 is 63.8 Å². The van der Waals surface area contributed by atoms with Gasteiger partial charge in [0.1, 0.15) is 29.8 Å². The van der Waals surface area contributed by atoms with Crippen LogP contribution >= 0.6 is 7.82 Å². The van der Waals surface area contributed by atoms with E-state index in [1.165, 1.54) is 6.92 Å². The molecule has 0 spiro atoms. The fourth-order valence-electron chi connectivity index (χ4n) is 2.51. The number of nitrogens with zero attached hydrogens (tertiary/aromatic N) is 2. The van der Waals surface area contributed by atoms with Crippen molar-refractivity contribution < 1.29 is 52.5 Å². The molecular weight excluding hydrogens is 429 g/mol. The van der Waals surface area contributed by atoms with Crippen molar-refractivity contribution in [2.45, 2.75) is 51.4 Å². The van der Waals surface area contributed by atoms with E-state index in [0.717, 1.165) is 10.9 Å². The normalized spacial score (nSPS) is 25.8. The van der Waals surface area contributed by atoms with Gasteiger partial charge in [-0.25, -0.2) is 18.9 Å². The lowest BCUT2D eigenvalue weighted by atomic mass is 10.1. The number of aliphatic hydroxyl groups is 2. The second-order valence-electron chi connectivity index (χ2n) is 6.56. The van der Waals surface area contributed by atoms with Crippen molar-refractivity contribution in [3.05, 3.63) is 12.0 Å². The standard InChI is InChI=1S/C15H24N3O11P/c1-7(2)28-15(22)25-6-27-30(23,24)26-4-9-11(20)12(21)14(29-9)18-5-17-10(8(3)19)13(18)16/h5,7,9,11-12,14,20-21H,4,6,16H2,1-3H3,(H,23,24)/t9-,11-,12-,14-/m1/s1. The molecule has 1 unspecified atom stereocenters. The van der Waals surface area contributed by atoms with E-state index in [1.54, 1.807) is 13.8 Å². The molecule has 30 heavy (non-hydrogen) atoms. The third-order valence-electron chi connectivity index (χ3n) is 3.90. The summed E-state index contributed by atoms with van der Waals surface area (Å²) in [5, 5.41) is 20.3. The summed E-state index contributed by atoms with van der Waals surface area (Å²) in [6.07, 6.45) is -5.88. The Labute approximate surface area is 171 Å². The summed E-state index contributed by atoms with van der Waals surface area (Å²) in [5.41, 5.74) is 5.77. The number of ketones is 1. The first-order chi connectivity index (χ1) is 13.9. The number of hydrogen-bond acceptors (Lipinski definition) is 12. The zero-order chi connectivity index (χ0) is 22.6. The maximum Gasteiger partial charge on any atom is 0.510 e. The molecule has 0 aliphatic carbocycles. The molecule has 1 saturated heterocycles. The van der Waals surface area contributed by atoms with Gasteiger partial charge in [-0.05, 0) is 13.8 Å². The molecule has 15 heteroatoms. The van der Waals surface area contributed by atoms with Gasteiger partial charge in [0.2, 0.25) is 6.79 Å². The number of phosphoric acid groups is 1. The molecule has 1 aromatic heterocycles. The van der Waals surface area contributed by atoms with Crippen molar-refractivity contribution in [2.24, 2.45) is 0 Å². The zero-order valence-corrected chi connectivity index (χ0v) is 17.3. The lowest BCUT2D eigenvalue weighted by Crippen LogP contribution is -2.33. The molecule has 0 aromatic carbocycles. The average molecular weight is 453 g/mol. The van der Waals surface area contributed by atoms with Crippen LogP contribution < -0.4 is 5.73 Å². The SMILES string of the molecule is CC(=O)c1ncn([C@@H]2O[C@H](COP(=O)(O)OCOC(=O)OC(C)C)[C@@H](O)[C@H]2O)c1N. The highest BCUT2D eigenvalue weighted by molar-refractivity contribution is 7.47. The molecule has 1 aliphatic heterocycles. The number of aliphatic hydroxyl groups excluding tert-OH is 2. The number of imidazole rings is 1. The smallest absolute Gasteiger partial charge is 0.432 e. The van der Waals surface area contributed by atoms with E-state index in [1.807, 2.05) is 0 Å². The highest BCUT2D eigenvalue weighted by Crippen LogP contribution is 2.44. The molecular formula is C15H24N3O11P. The van der Waals surface area contributed by atoms with Crippen LogP contribution in [0.15, 0.2) is 6.33 Å². The van der Waals surface area contributed by atoms with Gasteiger partial charge in [0.15, 0.2) is 12.0 Å². The monoisotopic (exact) mass is 453 g/mol. The van der Waals surface area contributed by atoms with E-state index >= 15 is 0 Å². The first-order valence-corrected chi connectivity index (χ1v) is 10.2. The lowest BCUT2D eigenvalue weighted by molar-refractivity contribution is -0.0571. The van der Waals surface area contributed by atoms with Gasteiger partial charge in [-0.2, -0.15) is 0 Å². The fraction of sp³-hybridized carbons (Fsp3) is 0.667. The van der Waals surface area contributed by atoms with E-state index in [-0.39, 0.29) is 11.5 Å². The Kier molecular flexibility index (Phi) is 7.93. The number of Topliss-reactive ketones (excluding diaryl/α,β-unsaturated/α-hetero) is 1. The van der Waals surface area contributed by atoms with Crippen LogP contribution in [0.3, 0.4) is 0 Å². The van der Waals surface area contributed by atoms with Crippen LogP contribution in [0, 0.1) is 0 Å². The van der Waals surface area contributed by atoms with Crippen molar-refractivity contribution in [1.29, 1.82) is 0 Å². The van der Waals surface area contributed by atoms with Crippen LogP contribution in [0.25, 0.3) is 0 Å². The highest BCUT2D eigenvalue weighted by atomic mass is 31.2. The van der Waals surface area contributed by atoms with Crippen molar-refractivity contribution in [2.75, 3.05) is 19.1 Å². The van der Waals surface area contributed by atoms with Gasteiger partial charge >= 0.3 is 14.0 Å². The van der Waals surface area contributed by atoms with Gasteiger partial charge in [-0.1, -0.05) is 0 Å². The van der Waals surface area contributed by atoms with Gasteiger partial charge in [0.05, 0.1) is 19.0 Å². The molecule has 5 atom stereocenters. The number of rotatable bonds is 9. The van der Waals surface area contributed by atoms with Crippen molar-refractivity contribution in [3.8, 4) is 0 Å². The van der Waals surface area contributed by atoms with Crippen LogP contribution in [-0.2, 0) is 27.8 Å². The third-order valence-corrected chi connectivity index (χ3v) is 4.81. The highest BCUT2D eigenvalue weighted by Gasteiger charge is 2.45. The molecule has 0 amide bonds. The molecule has 0 radical (unpaired) electrons. The van der Waals surface area contributed by atoms with Gasteiger partial charge in [-0.15, -0.1) is 0 Å². The van der Waals surface area contributed by atoms with Gasteiger partial charge in [0, 0.05) is 6.92 Å². The summed E-state index contributed by atoms with van der Waals surface area (Å²) >= 11 is 0. The Balaban J connectivity index is 1.90. The van der Waals surface area contributed by atoms with Crippen molar-refractivity contribution >= 4 is 25.6 Å². The van der Waals surface area contributed by atoms with Crippen molar-refractivity contribution in [3.63, 3.8) is 0 Å². The molecule has 0 saturated carbocycles. The van der Waals surface area contributed by atoms with Gasteiger partial charge in [0.25, 0.3) is 0 Å². The largest absolute Gasteiger partial charge is 0.510 e. The summed E-state index contributed by atoms with van der Waals surface area (Å²) in [5.74, 6) is -0.487. The maximum atomic E-state index is 11.9. The Hall–Kier alpha value is -2.06. The van der Waals surface area contributed by atoms with E-state index in [2.05, 4.69) is 19.0 Å². The number of nitrogens with two attached hydrogens (primary N) is 1. The first-order valence-electron chi connectivity index (χ1n) is 8.73. The predicted molar refractivity (Wildman–Crippen MR) is 97.0 cm³/mol. The Bertz CT molecular complexity index is 814. The van der Waals surface area contributed by atoms with E-state index in [4.69, 9.17) is 15.0 Å². The fourth-order valence-corrected chi connectivity index (χ4v) is 3.11. The van der Waals surface area contributed by atoms with Crippen LogP contribution in [0.1, 0.15) is 37.5 Å². The summed E-state index contributed by atoms with van der Waals surface area (Å²) in [6, 6.07) is 0. The minimum absolute atomic E-state index is 0.0377. The maximum absolute atomic E-state index is 11.9. The van der Waals surface area contributed by atoms with Crippen LogP contribution in [-0.4, -0.2) is 74.4 Å². The van der Waals surface area contributed by atoms with Crippen LogP contribution in [0.2, 0.25) is 0 Å². The molecule has 5 N–H and O–H groups in total. The Morgan fingerprint density at radius 2 is 2.00 bits per heavy atom.